The first-order valence-corrected chi connectivity index (χ1v) is 7.57. The van der Waals surface area contributed by atoms with E-state index in [0.717, 1.165) is 18.5 Å². The van der Waals surface area contributed by atoms with Gasteiger partial charge < -0.3 is 5.32 Å². The molecule has 0 bridgehead atoms. The summed E-state index contributed by atoms with van der Waals surface area (Å²) in [7, 11) is 0. The predicted octanol–water partition coefficient (Wildman–Crippen LogP) is 3.28. The Morgan fingerprint density at radius 2 is 1.82 bits per heavy atom. The molecular formula is C15H32N2. The van der Waals surface area contributed by atoms with Crippen LogP contribution < -0.4 is 5.32 Å². The van der Waals surface area contributed by atoms with Crippen LogP contribution >= 0.6 is 0 Å². The zero-order chi connectivity index (χ0) is 12.7. The van der Waals surface area contributed by atoms with Crippen molar-refractivity contribution in [2.75, 3.05) is 19.6 Å². The lowest BCUT2D eigenvalue weighted by Gasteiger charge is -2.37. The van der Waals surface area contributed by atoms with E-state index in [9.17, 15) is 0 Å². The molecule has 0 aromatic rings. The second kappa shape index (κ2) is 8.10. The zero-order valence-corrected chi connectivity index (χ0v) is 12.3. The maximum atomic E-state index is 3.54. The number of nitrogens with one attached hydrogen (secondary N) is 1. The number of hydrogen-bond donors (Lipinski definition) is 1. The summed E-state index contributed by atoms with van der Waals surface area (Å²) >= 11 is 0. The molecule has 2 heteroatoms. The second-order valence-corrected chi connectivity index (χ2v) is 6.25. The molecular weight excluding hydrogens is 208 g/mol. The van der Waals surface area contributed by atoms with Crippen LogP contribution in [0.2, 0.25) is 0 Å². The molecule has 1 aliphatic heterocycles. The third kappa shape index (κ3) is 6.42. The maximum absolute atomic E-state index is 3.54. The van der Waals surface area contributed by atoms with Gasteiger partial charge >= 0.3 is 0 Å². The molecule has 1 rings (SSSR count). The van der Waals surface area contributed by atoms with Crippen molar-refractivity contribution in [2.45, 2.75) is 71.9 Å². The van der Waals surface area contributed by atoms with Gasteiger partial charge in [0.2, 0.25) is 0 Å². The van der Waals surface area contributed by atoms with Crippen LogP contribution in [0.15, 0.2) is 0 Å². The summed E-state index contributed by atoms with van der Waals surface area (Å²) in [5.74, 6) is 0.879. The van der Waals surface area contributed by atoms with Gasteiger partial charge in [-0.15, -0.1) is 0 Å². The highest BCUT2D eigenvalue weighted by atomic mass is 15.2. The fraction of sp³-hybridized carbons (Fsp3) is 1.00. The molecule has 2 atom stereocenters. The number of nitrogens with zero attached hydrogens (tertiary/aromatic N) is 1. The largest absolute Gasteiger partial charge is 0.311 e. The summed E-state index contributed by atoms with van der Waals surface area (Å²) < 4.78 is 0. The Balaban J connectivity index is 2.01. The van der Waals surface area contributed by atoms with Crippen LogP contribution in [0.4, 0.5) is 0 Å². The van der Waals surface area contributed by atoms with Gasteiger partial charge in [-0.25, -0.2) is 0 Å². The van der Waals surface area contributed by atoms with E-state index >= 15 is 0 Å². The second-order valence-electron chi connectivity index (χ2n) is 6.25. The van der Waals surface area contributed by atoms with E-state index in [2.05, 4.69) is 37.9 Å². The zero-order valence-electron chi connectivity index (χ0n) is 12.3. The molecule has 2 nitrogen and oxygen atoms in total. The molecule has 1 saturated heterocycles. The van der Waals surface area contributed by atoms with Crippen LogP contribution in [-0.2, 0) is 0 Å². The van der Waals surface area contributed by atoms with Gasteiger partial charge in [0.15, 0.2) is 0 Å². The van der Waals surface area contributed by atoms with Gasteiger partial charge in [-0.2, -0.15) is 0 Å². The topological polar surface area (TPSA) is 15.3 Å². The molecule has 0 aromatic carbocycles. The lowest BCUT2D eigenvalue weighted by atomic mass is 10.0. The van der Waals surface area contributed by atoms with E-state index in [1.165, 1.54) is 45.2 Å². The molecule has 0 saturated carbocycles. The van der Waals surface area contributed by atoms with Gasteiger partial charge in [-0.05, 0) is 32.7 Å². The first-order valence-electron chi connectivity index (χ1n) is 7.57. The molecule has 0 radical (unpaired) electrons. The Morgan fingerprint density at radius 3 is 2.53 bits per heavy atom. The van der Waals surface area contributed by atoms with Crippen LogP contribution in [0.5, 0.6) is 0 Å². The van der Waals surface area contributed by atoms with E-state index in [1.807, 2.05) is 0 Å². The Kier molecular flexibility index (Phi) is 7.14. The lowest BCUT2D eigenvalue weighted by Crippen LogP contribution is -2.54. The summed E-state index contributed by atoms with van der Waals surface area (Å²) in [6, 6.07) is 1.40. The summed E-state index contributed by atoms with van der Waals surface area (Å²) in [5.41, 5.74) is 0. The van der Waals surface area contributed by atoms with Crippen LogP contribution in [-0.4, -0.2) is 36.6 Å². The van der Waals surface area contributed by atoms with Crippen molar-refractivity contribution in [1.29, 1.82) is 0 Å². The van der Waals surface area contributed by atoms with E-state index in [-0.39, 0.29) is 0 Å². The normalized spacial score (nSPS) is 26.6. The quantitative estimate of drug-likeness (QED) is 0.687. The molecule has 1 heterocycles. The monoisotopic (exact) mass is 240 g/mol. The lowest BCUT2D eigenvalue weighted by molar-refractivity contribution is 0.144. The molecule has 0 spiro atoms. The predicted molar refractivity (Wildman–Crippen MR) is 76.4 cm³/mol. The van der Waals surface area contributed by atoms with Crippen molar-refractivity contribution < 1.29 is 0 Å². The van der Waals surface area contributed by atoms with Crippen LogP contribution in [0.1, 0.15) is 59.8 Å². The van der Waals surface area contributed by atoms with Gasteiger partial charge in [-0.3, -0.25) is 4.90 Å². The smallest absolute Gasteiger partial charge is 0.0193 e. The van der Waals surface area contributed by atoms with Gasteiger partial charge in [0.1, 0.15) is 0 Å². The molecule has 0 amide bonds. The third-order valence-corrected chi connectivity index (χ3v) is 3.87. The molecule has 1 fully saturated rings. The highest BCUT2D eigenvalue weighted by Gasteiger charge is 2.21. The van der Waals surface area contributed by atoms with E-state index in [0.29, 0.717) is 6.04 Å². The standard InChI is InChI=1S/C15H32N2/c1-13(2)9-7-5-6-8-10-17-12-14(3)16-11-15(17)4/h13-16H,5-12H2,1-4H3. The average molecular weight is 240 g/mol. The van der Waals surface area contributed by atoms with Crippen LogP contribution in [0.25, 0.3) is 0 Å². The summed E-state index contributed by atoms with van der Waals surface area (Å²) in [5, 5.41) is 3.54. The van der Waals surface area contributed by atoms with Gasteiger partial charge in [0.05, 0.1) is 0 Å². The first-order chi connectivity index (χ1) is 8.09. The van der Waals surface area contributed by atoms with Crippen molar-refractivity contribution in [3.8, 4) is 0 Å². The molecule has 0 aromatic heterocycles. The van der Waals surface area contributed by atoms with Crippen molar-refractivity contribution in [3.63, 3.8) is 0 Å². The van der Waals surface area contributed by atoms with Crippen LogP contribution in [0, 0.1) is 5.92 Å². The average Bonchev–Trinajstić information content (AvgIpc) is 2.27. The van der Waals surface area contributed by atoms with Crippen molar-refractivity contribution in [2.24, 2.45) is 5.92 Å². The van der Waals surface area contributed by atoms with Gasteiger partial charge in [-0.1, -0.05) is 39.5 Å². The first kappa shape index (κ1) is 15.0. The summed E-state index contributed by atoms with van der Waals surface area (Å²) in [4.78, 5) is 2.66. The highest BCUT2D eigenvalue weighted by Crippen LogP contribution is 2.12. The fourth-order valence-electron chi connectivity index (χ4n) is 2.63. The number of hydrogen-bond acceptors (Lipinski definition) is 2. The van der Waals surface area contributed by atoms with Crippen molar-refractivity contribution in [3.05, 3.63) is 0 Å². The van der Waals surface area contributed by atoms with E-state index < -0.39 is 0 Å². The van der Waals surface area contributed by atoms with Gasteiger partial charge in [0.25, 0.3) is 0 Å². The van der Waals surface area contributed by atoms with E-state index in [1.54, 1.807) is 0 Å². The van der Waals surface area contributed by atoms with Crippen molar-refractivity contribution in [1.82, 2.24) is 10.2 Å². The Labute approximate surface area is 108 Å². The SMILES string of the molecule is CC(C)CCCCCCN1CC(C)NCC1C. The van der Waals surface area contributed by atoms with Crippen LogP contribution in [0.3, 0.4) is 0 Å². The Bertz CT molecular complexity index is 191. The number of piperazine rings is 1. The maximum Gasteiger partial charge on any atom is 0.0193 e. The summed E-state index contributed by atoms with van der Waals surface area (Å²) in [6.45, 7) is 13.0. The highest BCUT2D eigenvalue weighted by molar-refractivity contribution is 4.80. The molecule has 1 aliphatic rings. The fourth-order valence-corrected chi connectivity index (χ4v) is 2.63. The number of rotatable bonds is 7. The minimum Gasteiger partial charge on any atom is -0.311 e. The Morgan fingerprint density at radius 1 is 1.12 bits per heavy atom. The molecule has 17 heavy (non-hydrogen) atoms. The van der Waals surface area contributed by atoms with Crippen molar-refractivity contribution >= 4 is 0 Å². The molecule has 1 N–H and O–H groups in total. The minimum atomic E-state index is 0.673. The Hall–Kier alpha value is -0.0800. The van der Waals surface area contributed by atoms with E-state index in [4.69, 9.17) is 0 Å². The molecule has 102 valence electrons. The summed E-state index contributed by atoms with van der Waals surface area (Å²) in [6.07, 6.45) is 7.05. The van der Waals surface area contributed by atoms with Gasteiger partial charge in [0, 0.05) is 25.2 Å². The number of unbranched alkanes of at least 4 members (excludes halogenated alkanes) is 3. The molecule has 0 aliphatic carbocycles. The minimum absolute atomic E-state index is 0.673. The third-order valence-electron chi connectivity index (χ3n) is 3.87. The molecule has 2 unspecified atom stereocenters.